The lowest BCUT2D eigenvalue weighted by Gasteiger charge is -2.29. The van der Waals surface area contributed by atoms with Crippen molar-refractivity contribution in [2.45, 2.75) is 57.3 Å². The smallest absolute Gasteiger partial charge is 0.251 e. The third-order valence-corrected chi connectivity index (χ3v) is 4.97. The van der Waals surface area contributed by atoms with Crippen molar-refractivity contribution in [2.75, 3.05) is 13.1 Å². The fourth-order valence-corrected chi connectivity index (χ4v) is 3.88. The molecule has 5 atom stereocenters. The van der Waals surface area contributed by atoms with E-state index in [0.717, 1.165) is 32.4 Å². The van der Waals surface area contributed by atoms with Crippen LogP contribution in [0, 0.1) is 11.8 Å². The Hall–Kier alpha value is -0.610. The Morgan fingerprint density at radius 1 is 1.22 bits per heavy atom. The minimum absolute atomic E-state index is 0.184. The van der Waals surface area contributed by atoms with Gasteiger partial charge in [0.15, 0.2) is 0 Å². The molecule has 0 bridgehead atoms. The minimum Gasteiger partial charge on any atom is -0.365 e. The Morgan fingerprint density at radius 2 is 2.06 bits per heavy atom. The van der Waals surface area contributed by atoms with Gasteiger partial charge in [-0.05, 0) is 44.4 Å². The van der Waals surface area contributed by atoms with E-state index in [1.807, 2.05) is 11.8 Å². The number of likely N-dealkylation sites (tertiary alicyclic amines) is 1. The number of fused-ring (bicyclic) bond motifs is 1. The van der Waals surface area contributed by atoms with Crippen molar-refractivity contribution in [2.24, 2.45) is 17.6 Å². The maximum absolute atomic E-state index is 12.4. The van der Waals surface area contributed by atoms with Crippen LogP contribution in [0.2, 0.25) is 0 Å². The van der Waals surface area contributed by atoms with Gasteiger partial charge < -0.3 is 15.4 Å². The van der Waals surface area contributed by atoms with Gasteiger partial charge in [-0.2, -0.15) is 0 Å². The van der Waals surface area contributed by atoms with Gasteiger partial charge in [0.1, 0.15) is 6.10 Å². The average molecular weight is 252 g/mol. The Balaban J connectivity index is 1.62. The summed E-state index contributed by atoms with van der Waals surface area (Å²) >= 11 is 0. The third kappa shape index (κ3) is 2.16. The van der Waals surface area contributed by atoms with E-state index in [-0.39, 0.29) is 18.1 Å². The summed E-state index contributed by atoms with van der Waals surface area (Å²) < 4.78 is 5.69. The summed E-state index contributed by atoms with van der Waals surface area (Å²) in [5.74, 6) is 1.37. The topological polar surface area (TPSA) is 55.6 Å². The molecule has 3 fully saturated rings. The summed E-state index contributed by atoms with van der Waals surface area (Å²) in [7, 11) is 0. The number of carbonyl (C=O) groups excluding carboxylic acids is 1. The normalized spacial score (nSPS) is 44.1. The molecule has 0 aromatic rings. The predicted molar refractivity (Wildman–Crippen MR) is 69.0 cm³/mol. The molecule has 3 aliphatic rings. The standard InChI is InChI=1S/C14H24N2O2/c1-9-5-6-13(18-9)14(17)16-7-10-3-2-4-12(15)11(10)8-16/h9-13H,2-8,15H2,1H3. The van der Waals surface area contributed by atoms with E-state index in [2.05, 4.69) is 0 Å². The van der Waals surface area contributed by atoms with E-state index in [4.69, 9.17) is 10.5 Å². The van der Waals surface area contributed by atoms with Crippen LogP contribution in [0.1, 0.15) is 39.0 Å². The van der Waals surface area contributed by atoms with Crippen molar-refractivity contribution in [3.8, 4) is 0 Å². The molecule has 2 aliphatic heterocycles. The monoisotopic (exact) mass is 252 g/mol. The van der Waals surface area contributed by atoms with Crippen LogP contribution in [0.15, 0.2) is 0 Å². The first-order chi connectivity index (χ1) is 8.65. The van der Waals surface area contributed by atoms with Crippen molar-refractivity contribution in [3.05, 3.63) is 0 Å². The van der Waals surface area contributed by atoms with Crippen molar-refractivity contribution >= 4 is 5.91 Å². The summed E-state index contributed by atoms with van der Waals surface area (Å²) in [5.41, 5.74) is 6.19. The number of hydrogen-bond acceptors (Lipinski definition) is 3. The fourth-order valence-electron chi connectivity index (χ4n) is 3.88. The first-order valence-corrected chi connectivity index (χ1v) is 7.35. The SMILES string of the molecule is CC1CCC(C(=O)N2CC3CCCC(N)C3C2)O1. The number of ether oxygens (including phenoxy) is 1. The zero-order chi connectivity index (χ0) is 12.7. The lowest BCUT2D eigenvalue weighted by molar-refractivity contribution is -0.141. The molecule has 18 heavy (non-hydrogen) atoms. The van der Waals surface area contributed by atoms with Crippen molar-refractivity contribution in [3.63, 3.8) is 0 Å². The molecule has 4 heteroatoms. The highest BCUT2D eigenvalue weighted by Gasteiger charge is 2.42. The number of nitrogens with zero attached hydrogens (tertiary/aromatic N) is 1. The highest BCUT2D eigenvalue weighted by molar-refractivity contribution is 5.81. The maximum atomic E-state index is 12.4. The molecule has 2 heterocycles. The Kier molecular flexibility index (Phi) is 3.32. The molecular weight excluding hydrogens is 228 g/mol. The zero-order valence-corrected chi connectivity index (χ0v) is 11.2. The predicted octanol–water partition coefficient (Wildman–Crippen LogP) is 1.14. The van der Waals surface area contributed by atoms with E-state index in [0.29, 0.717) is 17.9 Å². The largest absolute Gasteiger partial charge is 0.365 e. The van der Waals surface area contributed by atoms with Crippen molar-refractivity contribution in [1.82, 2.24) is 4.90 Å². The number of hydrogen-bond donors (Lipinski definition) is 1. The van der Waals surface area contributed by atoms with E-state index in [1.165, 1.54) is 12.8 Å². The van der Waals surface area contributed by atoms with E-state index in [9.17, 15) is 4.79 Å². The van der Waals surface area contributed by atoms with Crippen LogP contribution >= 0.6 is 0 Å². The Labute approximate surface area is 109 Å². The van der Waals surface area contributed by atoms with Crippen LogP contribution in [0.4, 0.5) is 0 Å². The van der Waals surface area contributed by atoms with Crippen LogP contribution in [0.5, 0.6) is 0 Å². The van der Waals surface area contributed by atoms with Crippen LogP contribution in [0.3, 0.4) is 0 Å². The maximum Gasteiger partial charge on any atom is 0.251 e. The number of rotatable bonds is 1. The van der Waals surface area contributed by atoms with Crippen molar-refractivity contribution < 1.29 is 9.53 Å². The molecule has 2 saturated heterocycles. The van der Waals surface area contributed by atoms with Gasteiger partial charge in [-0.3, -0.25) is 4.79 Å². The van der Waals surface area contributed by atoms with Crippen LogP contribution < -0.4 is 5.73 Å². The minimum atomic E-state index is -0.184. The molecule has 1 aliphatic carbocycles. The second-order valence-corrected chi connectivity index (χ2v) is 6.27. The molecule has 0 aromatic heterocycles. The lowest BCUT2D eigenvalue weighted by atomic mass is 9.78. The number of nitrogens with two attached hydrogens (primary N) is 1. The molecule has 102 valence electrons. The summed E-state index contributed by atoms with van der Waals surface area (Å²) in [5, 5.41) is 0. The zero-order valence-electron chi connectivity index (χ0n) is 11.2. The fraction of sp³-hybridized carbons (Fsp3) is 0.929. The quantitative estimate of drug-likeness (QED) is 0.761. The molecule has 0 spiro atoms. The van der Waals surface area contributed by atoms with Crippen LogP contribution in [0.25, 0.3) is 0 Å². The number of amides is 1. The second-order valence-electron chi connectivity index (χ2n) is 6.27. The summed E-state index contributed by atoms with van der Waals surface area (Å²) in [4.78, 5) is 14.4. The Morgan fingerprint density at radius 3 is 2.72 bits per heavy atom. The molecule has 2 N–H and O–H groups in total. The second kappa shape index (κ2) is 4.82. The van der Waals surface area contributed by atoms with Gasteiger partial charge in [0.25, 0.3) is 5.91 Å². The molecule has 5 unspecified atom stereocenters. The summed E-state index contributed by atoms with van der Waals surface area (Å²) in [6.45, 7) is 3.82. The van der Waals surface area contributed by atoms with E-state index < -0.39 is 0 Å². The summed E-state index contributed by atoms with van der Waals surface area (Å²) in [6, 6.07) is 0.296. The van der Waals surface area contributed by atoms with Gasteiger partial charge in [-0.1, -0.05) is 6.42 Å². The molecule has 4 nitrogen and oxygen atoms in total. The molecule has 1 amide bonds. The first-order valence-electron chi connectivity index (χ1n) is 7.35. The van der Waals surface area contributed by atoms with Gasteiger partial charge in [-0.25, -0.2) is 0 Å². The average Bonchev–Trinajstić information content (AvgIpc) is 2.95. The van der Waals surface area contributed by atoms with Crippen LogP contribution in [-0.4, -0.2) is 42.1 Å². The van der Waals surface area contributed by atoms with Gasteiger partial charge in [-0.15, -0.1) is 0 Å². The molecule has 1 saturated carbocycles. The number of carbonyl (C=O) groups is 1. The molecule has 3 rings (SSSR count). The van der Waals surface area contributed by atoms with E-state index >= 15 is 0 Å². The van der Waals surface area contributed by atoms with Crippen molar-refractivity contribution in [1.29, 1.82) is 0 Å². The highest BCUT2D eigenvalue weighted by atomic mass is 16.5. The van der Waals surface area contributed by atoms with Gasteiger partial charge in [0, 0.05) is 19.1 Å². The summed E-state index contributed by atoms with van der Waals surface area (Å²) in [6.07, 6.45) is 5.54. The Bertz CT molecular complexity index is 334. The van der Waals surface area contributed by atoms with Crippen LogP contribution in [-0.2, 0) is 9.53 Å². The van der Waals surface area contributed by atoms with Gasteiger partial charge in [0.05, 0.1) is 6.10 Å². The van der Waals surface area contributed by atoms with E-state index in [1.54, 1.807) is 0 Å². The molecular formula is C14H24N2O2. The highest BCUT2D eigenvalue weighted by Crippen LogP contribution is 2.36. The van der Waals surface area contributed by atoms with Gasteiger partial charge >= 0.3 is 0 Å². The molecule has 0 radical (unpaired) electrons. The third-order valence-electron chi connectivity index (χ3n) is 4.97. The van der Waals surface area contributed by atoms with Gasteiger partial charge in [0.2, 0.25) is 0 Å². The lowest BCUT2D eigenvalue weighted by Crippen LogP contribution is -2.40. The first kappa shape index (κ1) is 12.4. The molecule has 0 aromatic carbocycles.